The number of hydrogen-bond donors (Lipinski definition) is 1. The Kier molecular flexibility index (Phi) is 4.29. The molecule has 1 amide bonds. The first kappa shape index (κ1) is 16.1. The average Bonchev–Trinajstić information content (AvgIpc) is 3.00. The largest absolute Gasteiger partial charge is 0.326 e. The number of nitrogens with zero attached hydrogens (tertiary/aromatic N) is 4. The van der Waals surface area contributed by atoms with Crippen LogP contribution in [0.3, 0.4) is 0 Å². The molecule has 6 nitrogen and oxygen atoms in total. The molecule has 6 heteroatoms. The average molecular weight is 323 g/mol. The second kappa shape index (κ2) is 6.39. The van der Waals surface area contributed by atoms with E-state index in [1.807, 2.05) is 32.0 Å². The molecular weight excluding hydrogens is 302 g/mol. The van der Waals surface area contributed by atoms with E-state index >= 15 is 0 Å². The summed E-state index contributed by atoms with van der Waals surface area (Å²) in [6.45, 7) is 8.08. The molecule has 3 rings (SSSR count). The van der Waals surface area contributed by atoms with E-state index in [-0.39, 0.29) is 12.3 Å². The minimum absolute atomic E-state index is 0.0663. The number of aryl methyl sites for hydroxylation is 2. The molecule has 0 unspecified atom stereocenters. The van der Waals surface area contributed by atoms with Gasteiger partial charge in [0.1, 0.15) is 6.33 Å². The minimum atomic E-state index is -0.0663. The number of aromatic nitrogens is 4. The second-order valence-corrected chi connectivity index (χ2v) is 6.24. The van der Waals surface area contributed by atoms with Crippen molar-refractivity contribution in [1.82, 2.24) is 19.6 Å². The van der Waals surface area contributed by atoms with Gasteiger partial charge in [0.05, 0.1) is 6.42 Å². The number of amides is 1. The fraction of sp³-hybridized carbons (Fsp3) is 0.333. The number of nitrogens with one attached hydrogen (secondary N) is 1. The highest BCUT2D eigenvalue weighted by atomic mass is 16.1. The molecule has 0 saturated heterocycles. The lowest BCUT2D eigenvalue weighted by molar-refractivity contribution is -0.115. The quantitative estimate of drug-likeness (QED) is 0.801. The number of carbonyl (C=O) groups is 1. The van der Waals surface area contributed by atoms with Crippen LogP contribution in [-0.2, 0) is 11.2 Å². The first-order chi connectivity index (χ1) is 11.5. The summed E-state index contributed by atoms with van der Waals surface area (Å²) in [5.74, 6) is 0.910. The summed E-state index contributed by atoms with van der Waals surface area (Å²) in [7, 11) is 0. The van der Waals surface area contributed by atoms with Gasteiger partial charge in [-0.15, -0.1) is 0 Å². The van der Waals surface area contributed by atoms with E-state index in [1.54, 1.807) is 4.52 Å². The summed E-state index contributed by atoms with van der Waals surface area (Å²) in [5.41, 5.74) is 4.59. The van der Waals surface area contributed by atoms with Gasteiger partial charge in [0.15, 0.2) is 0 Å². The molecule has 0 radical (unpaired) electrons. The molecular formula is C18H21N5O. The zero-order valence-electron chi connectivity index (χ0n) is 14.4. The molecule has 0 saturated carbocycles. The fourth-order valence-electron chi connectivity index (χ4n) is 2.75. The molecule has 0 aliphatic heterocycles. The highest BCUT2D eigenvalue weighted by Gasteiger charge is 2.14. The summed E-state index contributed by atoms with van der Waals surface area (Å²) in [5, 5.41) is 7.12. The summed E-state index contributed by atoms with van der Waals surface area (Å²) in [4.78, 5) is 21.0. The Morgan fingerprint density at radius 1 is 1.29 bits per heavy atom. The minimum Gasteiger partial charge on any atom is -0.326 e. The van der Waals surface area contributed by atoms with Crippen molar-refractivity contribution in [2.45, 2.75) is 40.0 Å². The van der Waals surface area contributed by atoms with E-state index in [1.165, 1.54) is 11.9 Å². The van der Waals surface area contributed by atoms with Gasteiger partial charge in [0, 0.05) is 22.6 Å². The van der Waals surface area contributed by atoms with Crippen molar-refractivity contribution < 1.29 is 4.79 Å². The lowest BCUT2D eigenvalue weighted by atomic mass is 10.0. The standard InChI is InChI=1S/C18H21N5O/c1-11(2)14-6-5-7-15(8-14)22-17(24)9-16-12(3)21-18-19-10-20-23(18)13(16)4/h5-8,10-11H,9H2,1-4H3,(H,22,24). The zero-order chi connectivity index (χ0) is 17.3. The number of rotatable bonds is 4. The van der Waals surface area contributed by atoms with Crippen molar-refractivity contribution in [2.75, 3.05) is 5.32 Å². The van der Waals surface area contributed by atoms with Crippen molar-refractivity contribution in [1.29, 1.82) is 0 Å². The van der Waals surface area contributed by atoms with Crippen molar-refractivity contribution in [3.05, 3.63) is 53.1 Å². The van der Waals surface area contributed by atoms with Crippen LogP contribution in [0.4, 0.5) is 5.69 Å². The van der Waals surface area contributed by atoms with Crippen molar-refractivity contribution in [2.24, 2.45) is 0 Å². The van der Waals surface area contributed by atoms with Crippen molar-refractivity contribution >= 4 is 17.4 Å². The number of carbonyl (C=O) groups excluding carboxylic acids is 1. The topological polar surface area (TPSA) is 72.2 Å². The van der Waals surface area contributed by atoms with Crippen LogP contribution in [0.25, 0.3) is 5.78 Å². The molecule has 0 spiro atoms. The van der Waals surface area contributed by atoms with Gasteiger partial charge in [-0.25, -0.2) is 9.50 Å². The Morgan fingerprint density at radius 3 is 2.83 bits per heavy atom. The lowest BCUT2D eigenvalue weighted by Gasteiger charge is -2.12. The Bertz CT molecular complexity index is 898. The maximum atomic E-state index is 12.5. The molecule has 124 valence electrons. The third-order valence-corrected chi connectivity index (χ3v) is 4.16. The highest BCUT2D eigenvalue weighted by Crippen LogP contribution is 2.19. The van der Waals surface area contributed by atoms with Crippen LogP contribution >= 0.6 is 0 Å². The van der Waals surface area contributed by atoms with Crippen LogP contribution in [0.15, 0.2) is 30.6 Å². The summed E-state index contributed by atoms with van der Waals surface area (Å²) >= 11 is 0. The van der Waals surface area contributed by atoms with Gasteiger partial charge in [-0.2, -0.15) is 10.1 Å². The SMILES string of the molecule is Cc1nc2ncnn2c(C)c1CC(=O)Nc1cccc(C(C)C)c1. The van der Waals surface area contributed by atoms with Gasteiger partial charge < -0.3 is 5.32 Å². The smallest absolute Gasteiger partial charge is 0.252 e. The van der Waals surface area contributed by atoms with Crippen molar-refractivity contribution in [3.8, 4) is 0 Å². The maximum absolute atomic E-state index is 12.5. The zero-order valence-corrected chi connectivity index (χ0v) is 14.4. The number of benzene rings is 1. The van der Waals surface area contributed by atoms with E-state index in [2.05, 4.69) is 40.3 Å². The second-order valence-electron chi connectivity index (χ2n) is 6.24. The van der Waals surface area contributed by atoms with Gasteiger partial charge in [-0.05, 0) is 37.5 Å². The molecule has 0 bridgehead atoms. The van der Waals surface area contributed by atoms with Crippen LogP contribution < -0.4 is 5.32 Å². The van der Waals surface area contributed by atoms with E-state index in [0.717, 1.165) is 22.6 Å². The molecule has 0 aliphatic carbocycles. The highest BCUT2D eigenvalue weighted by molar-refractivity contribution is 5.92. The molecule has 0 aliphatic rings. The van der Waals surface area contributed by atoms with Crippen LogP contribution in [0, 0.1) is 13.8 Å². The molecule has 24 heavy (non-hydrogen) atoms. The van der Waals surface area contributed by atoms with Gasteiger partial charge in [0.25, 0.3) is 5.78 Å². The van der Waals surface area contributed by atoms with E-state index < -0.39 is 0 Å². The first-order valence-corrected chi connectivity index (χ1v) is 8.01. The lowest BCUT2D eigenvalue weighted by Crippen LogP contribution is -2.18. The Balaban J connectivity index is 1.81. The number of anilines is 1. The molecule has 2 heterocycles. The third-order valence-electron chi connectivity index (χ3n) is 4.16. The molecule has 0 atom stereocenters. The predicted molar refractivity (Wildman–Crippen MR) is 93.1 cm³/mol. The predicted octanol–water partition coefficient (Wildman–Crippen LogP) is 3.05. The molecule has 1 N–H and O–H groups in total. The molecule has 0 fully saturated rings. The van der Waals surface area contributed by atoms with Crippen LogP contribution in [0.5, 0.6) is 0 Å². The maximum Gasteiger partial charge on any atom is 0.252 e. The number of fused-ring (bicyclic) bond motifs is 1. The molecule has 2 aromatic heterocycles. The van der Waals surface area contributed by atoms with Crippen molar-refractivity contribution in [3.63, 3.8) is 0 Å². The van der Waals surface area contributed by atoms with Crippen LogP contribution in [0.2, 0.25) is 0 Å². The number of hydrogen-bond acceptors (Lipinski definition) is 4. The summed E-state index contributed by atoms with van der Waals surface area (Å²) in [6.07, 6.45) is 1.72. The molecule has 1 aromatic carbocycles. The van der Waals surface area contributed by atoms with Crippen LogP contribution in [-0.4, -0.2) is 25.5 Å². The monoisotopic (exact) mass is 323 g/mol. The Hall–Kier alpha value is -2.76. The van der Waals surface area contributed by atoms with Gasteiger partial charge in [-0.3, -0.25) is 4.79 Å². The Labute approximate surface area is 141 Å². The van der Waals surface area contributed by atoms with E-state index in [0.29, 0.717) is 11.7 Å². The first-order valence-electron chi connectivity index (χ1n) is 8.01. The van der Waals surface area contributed by atoms with Gasteiger partial charge in [0.2, 0.25) is 5.91 Å². The summed E-state index contributed by atoms with van der Waals surface area (Å²) in [6, 6.07) is 7.95. The fourth-order valence-corrected chi connectivity index (χ4v) is 2.75. The Morgan fingerprint density at radius 2 is 2.08 bits per heavy atom. The van der Waals surface area contributed by atoms with Gasteiger partial charge in [-0.1, -0.05) is 26.0 Å². The third kappa shape index (κ3) is 3.13. The molecule has 3 aromatic rings. The normalized spacial score (nSPS) is 11.2. The van der Waals surface area contributed by atoms with Crippen LogP contribution in [0.1, 0.15) is 42.3 Å². The van der Waals surface area contributed by atoms with Gasteiger partial charge >= 0.3 is 0 Å². The van der Waals surface area contributed by atoms with E-state index in [4.69, 9.17) is 0 Å². The van der Waals surface area contributed by atoms with E-state index in [9.17, 15) is 4.79 Å². The summed E-state index contributed by atoms with van der Waals surface area (Å²) < 4.78 is 1.66.